The Hall–Kier alpha value is -2.79. The third kappa shape index (κ3) is 4.14. The van der Waals surface area contributed by atoms with Crippen LogP contribution in [0.2, 0.25) is 0 Å². The topological polar surface area (TPSA) is 54.6 Å². The van der Waals surface area contributed by atoms with Crippen LogP contribution in [-0.2, 0) is 6.54 Å². The largest absolute Gasteiger partial charge is 0.493 e. The normalized spacial score (nSPS) is 11.1. The van der Waals surface area contributed by atoms with E-state index in [0.717, 1.165) is 33.5 Å². The number of fused-ring (bicyclic) bond motifs is 1. The van der Waals surface area contributed by atoms with Crippen LogP contribution in [0, 0.1) is 6.92 Å². The third-order valence-electron chi connectivity index (χ3n) is 4.57. The summed E-state index contributed by atoms with van der Waals surface area (Å²) in [5.41, 5.74) is 3.76. The minimum absolute atomic E-state index is 0.116. The Bertz CT molecular complexity index is 946. The van der Waals surface area contributed by atoms with Crippen molar-refractivity contribution >= 4 is 16.7 Å². The predicted octanol–water partition coefficient (Wildman–Crippen LogP) is 4.20. The van der Waals surface area contributed by atoms with Gasteiger partial charge in [0.05, 0.1) is 20.3 Å². The number of H-pyrrole nitrogens is 1. The van der Waals surface area contributed by atoms with Gasteiger partial charge in [0.15, 0.2) is 17.3 Å². The fraction of sp³-hybridized carbons (Fsp3) is 0.318. The first-order chi connectivity index (χ1) is 13.0. The van der Waals surface area contributed by atoms with Crippen molar-refractivity contribution in [1.82, 2.24) is 9.88 Å². The van der Waals surface area contributed by atoms with E-state index in [1.54, 1.807) is 7.11 Å². The van der Waals surface area contributed by atoms with E-state index in [1.807, 2.05) is 68.3 Å². The molecule has 0 aliphatic carbocycles. The number of Topliss-reactive ketones (excluding diaryl/α,β-unsaturated/α-hetero) is 1. The fourth-order valence-corrected chi connectivity index (χ4v) is 3.41. The Labute approximate surface area is 159 Å². The van der Waals surface area contributed by atoms with Gasteiger partial charge >= 0.3 is 0 Å². The molecular weight excluding hydrogens is 340 g/mol. The van der Waals surface area contributed by atoms with Gasteiger partial charge in [-0.15, -0.1) is 0 Å². The third-order valence-corrected chi connectivity index (χ3v) is 4.57. The van der Waals surface area contributed by atoms with Gasteiger partial charge in [0, 0.05) is 28.7 Å². The van der Waals surface area contributed by atoms with Crippen molar-refractivity contribution in [3.8, 4) is 11.5 Å². The number of rotatable bonds is 8. The Morgan fingerprint density at radius 2 is 1.93 bits per heavy atom. The molecule has 0 saturated heterocycles. The van der Waals surface area contributed by atoms with E-state index in [2.05, 4.69) is 4.98 Å². The number of aryl methyl sites for hydroxylation is 1. The fourth-order valence-electron chi connectivity index (χ4n) is 3.41. The lowest BCUT2D eigenvalue weighted by Crippen LogP contribution is -2.26. The number of ether oxygens (including phenoxy) is 2. The number of aromatic amines is 1. The van der Waals surface area contributed by atoms with Gasteiger partial charge in [-0.2, -0.15) is 0 Å². The van der Waals surface area contributed by atoms with Crippen molar-refractivity contribution in [2.45, 2.75) is 20.4 Å². The number of nitrogens with one attached hydrogen (secondary N) is 1. The van der Waals surface area contributed by atoms with Gasteiger partial charge in [-0.3, -0.25) is 9.69 Å². The molecule has 0 fully saturated rings. The van der Waals surface area contributed by atoms with E-state index in [0.29, 0.717) is 25.4 Å². The number of likely N-dealkylation sites (N-methyl/N-ethyl adjacent to an activating group) is 1. The molecule has 0 amide bonds. The average Bonchev–Trinajstić information content (AvgIpc) is 2.98. The number of para-hydroxylation sites is 1. The van der Waals surface area contributed by atoms with Crippen molar-refractivity contribution in [3.05, 3.63) is 59.3 Å². The average molecular weight is 366 g/mol. The number of nitrogens with zero attached hydrogens (tertiary/aromatic N) is 1. The molecule has 1 heterocycles. The first kappa shape index (κ1) is 19.0. The van der Waals surface area contributed by atoms with Crippen LogP contribution in [0.3, 0.4) is 0 Å². The Balaban J connectivity index is 1.72. The molecule has 0 aliphatic heterocycles. The summed E-state index contributed by atoms with van der Waals surface area (Å²) in [5.74, 6) is 1.56. The molecule has 2 aromatic carbocycles. The van der Waals surface area contributed by atoms with Gasteiger partial charge in [0.1, 0.15) is 0 Å². The first-order valence-corrected chi connectivity index (χ1v) is 9.12. The van der Waals surface area contributed by atoms with Crippen molar-refractivity contribution < 1.29 is 14.3 Å². The maximum atomic E-state index is 12.9. The molecule has 0 radical (unpaired) electrons. The van der Waals surface area contributed by atoms with Gasteiger partial charge in [-0.25, -0.2) is 0 Å². The molecule has 1 N–H and O–H groups in total. The van der Waals surface area contributed by atoms with Crippen molar-refractivity contribution in [1.29, 1.82) is 0 Å². The summed E-state index contributed by atoms with van der Waals surface area (Å²) in [4.78, 5) is 18.2. The van der Waals surface area contributed by atoms with Crippen LogP contribution >= 0.6 is 0 Å². The quantitative estimate of drug-likeness (QED) is 0.607. The Morgan fingerprint density at radius 1 is 1.15 bits per heavy atom. The second-order valence-electron chi connectivity index (χ2n) is 6.68. The van der Waals surface area contributed by atoms with Crippen LogP contribution in [0.4, 0.5) is 0 Å². The molecule has 142 valence electrons. The lowest BCUT2D eigenvalue weighted by molar-refractivity contribution is 0.0944. The van der Waals surface area contributed by atoms with Crippen LogP contribution in [0.5, 0.6) is 11.5 Å². The number of carbonyl (C=O) groups excluding carboxylic acids is 1. The van der Waals surface area contributed by atoms with Crippen molar-refractivity contribution in [2.24, 2.45) is 0 Å². The summed E-state index contributed by atoms with van der Waals surface area (Å²) in [6, 6.07) is 13.8. The zero-order valence-corrected chi connectivity index (χ0v) is 16.3. The highest BCUT2D eigenvalue weighted by atomic mass is 16.5. The predicted molar refractivity (Wildman–Crippen MR) is 108 cm³/mol. The molecule has 5 heteroatoms. The molecule has 0 bridgehead atoms. The number of methoxy groups -OCH3 is 1. The van der Waals surface area contributed by atoms with Crippen LogP contribution < -0.4 is 9.47 Å². The van der Waals surface area contributed by atoms with E-state index < -0.39 is 0 Å². The van der Waals surface area contributed by atoms with Crippen molar-refractivity contribution in [3.63, 3.8) is 0 Å². The van der Waals surface area contributed by atoms with E-state index >= 15 is 0 Å². The van der Waals surface area contributed by atoms with Gasteiger partial charge in [-0.05, 0) is 44.7 Å². The number of carbonyl (C=O) groups is 1. The lowest BCUT2D eigenvalue weighted by atomic mass is 10.1. The van der Waals surface area contributed by atoms with Gasteiger partial charge in [0.2, 0.25) is 0 Å². The second-order valence-corrected chi connectivity index (χ2v) is 6.68. The number of ketones is 1. The molecule has 0 saturated carbocycles. The van der Waals surface area contributed by atoms with Crippen LogP contribution in [0.15, 0.2) is 42.5 Å². The smallest absolute Gasteiger partial charge is 0.179 e. The molecule has 3 rings (SSSR count). The molecular formula is C22H26N2O3. The SMILES string of the molecule is CCOc1ccc(CN(C)CC(=O)c2c(C)[nH]c3ccccc23)cc1OC. The van der Waals surface area contributed by atoms with Crippen LogP contribution in [0.25, 0.3) is 10.9 Å². The van der Waals surface area contributed by atoms with Crippen LogP contribution in [0.1, 0.15) is 28.5 Å². The van der Waals surface area contributed by atoms with E-state index in [-0.39, 0.29) is 5.78 Å². The number of aromatic nitrogens is 1. The molecule has 0 unspecified atom stereocenters. The van der Waals surface area contributed by atoms with E-state index in [4.69, 9.17) is 9.47 Å². The maximum Gasteiger partial charge on any atom is 0.179 e. The van der Waals surface area contributed by atoms with Crippen molar-refractivity contribution in [2.75, 3.05) is 27.3 Å². The lowest BCUT2D eigenvalue weighted by Gasteiger charge is -2.17. The van der Waals surface area contributed by atoms with Crippen LogP contribution in [-0.4, -0.2) is 43.0 Å². The minimum Gasteiger partial charge on any atom is -0.493 e. The monoisotopic (exact) mass is 366 g/mol. The highest BCUT2D eigenvalue weighted by Crippen LogP contribution is 2.28. The highest BCUT2D eigenvalue weighted by Gasteiger charge is 2.17. The summed E-state index contributed by atoms with van der Waals surface area (Å²) in [6.07, 6.45) is 0. The zero-order valence-electron chi connectivity index (χ0n) is 16.3. The Morgan fingerprint density at radius 3 is 2.67 bits per heavy atom. The molecule has 0 spiro atoms. The van der Waals surface area contributed by atoms with E-state index in [1.165, 1.54) is 0 Å². The second kappa shape index (κ2) is 8.27. The highest BCUT2D eigenvalue weighted by molar-refractivity contribution is 6.10. The molecule has 27 heavy (non-hydrogen) atoms. The number of hydrogen-bond donors (Lipinski definition) is 1. The first-order valence-electron chi connectivity index (χ1n) is 9.12. The van der Waals surface area contributed by atoms with Gasteiger partial charge < -0.3 is 14.5 Å². The number of hydrogen-bond acceptors (Lipinski definition) is 4. The summed E-state index contributed by atoms with van der Waals surface area (Å²) >= 11 is 0. The van der Waals surface area contributed by atoms with E-state index in [9.17, 15) is 4.79 Å². The van der Waals surface area contributed by atoms with Gasteiger partial charge in [-0.1, -0.05) is 24.3 Å². The molecule has 5 nitrogen and oxygen atoms in total. The standard InChI is InChI=1S/C22H26N2O3/c1-5-27-20-11-10-16(12-21(20)26-4)13-24(3)14-19(25)22-15(2)23-18-9-7-6-8-17(18)22/h6-12,23H,5,13-14H2,1-4H3. The van der Waals surface area contributed by atoms with Gasteiger partial charge in [0.25, 0.3) is 0 Å². The Kier molecular flexibility index (Phi) is 5.81. The summed E-state index contributed by atoms with van der Waals surface area (Å²) in [5, 5.41) is 0.983. The summed E-state index contributed by atoms with van der Waals surface area (Å²) < 4.78 is 11.0. The molecule has 1 aromatic heterocycles. The summed E-state index contributed by atoms with van der Waals surface area (Å²) in [7, 11) is 3.58. The molecule has 0 aliphatic rings. The molecule has 0 atom stereocenters. The maximum absolute atomic E-state index is 12.9. The number of benzene rings is 2. The minimum atomic E-state index is 0.116. The summed E-state index contributed by atoms with van der Waals surface area (Å²) in [6.45, 7) is 5.48. The molecule has 3 aromatic rings. The zero-order chi connectivity index (χ0) is 19.4.